The van der Waals surface area contributed by atoms with Gasteiger partial charge in [0.05, 0.1) is 12.3 Å². The van der Waals surface area contributed by atoms with Crippen molar-refractivity contribution in [2.45, 2.75) is 19.8 Å². The smallest absolute Gasteiger partial charge is 0.142 e. The summed E-state index contributed by atoms with van der Waals surface area (Å²) in [6, 6.07) is 6.14. The van der Waals surface area contributed by atoms with Crippen molar-refractivity contribution in [2.24, 2.45) is 0 Å². The molecule has 0 spiro atoms. The van der Waals surface area contributed by atoms with Crippen LogP contribution in [-0.2, 0) is 0 Å². The maximum Gasteiger partial charge on any atom is 0.142 e. The Kier molecular flexibility index (Phi) is 5.33. The number of alkyl halides is 1. The Morgan fingerprint density at radius 1 is 1.33 bits per heavy atom. The van der Waals surface area contributed by atoms with Crippen molar-refractivity contribution < 1.29 is 4.74 Å². The zero-order chi connectivity index (χ0) is 11.1. The summed E-state index contributed by atoms with van der Waals surface area (Å²) in [5.41, 5.74) is 2.27. The molecular weight excluding hydrogens is 210 g/mol. The number of hydrogen-bond acceptors (Lipinski definition) is 2. The van der Waals surface area contributed by atoms with Crippen LogP contribution in [0.25, 0.3) is 0 Å². The summed E-state index contributed by atoms with van der Waals surface area (Å²) in [6.07, 6.45) is 2.00. The molecule has 1 aromatic rings. The van der Waals surface area contributed by atoms with Crippen LogP contribution in [0, 0.1) is 6.92 Å². The van der Waals surface area contributed by atoms with Gasteiger partial charge in [-0.3, -0.25) is 0 Å². The molecule has 3 heteroatoms. The van der Waals surface area contributed by atoms with Crippen molar-refractivity contribution in [3.63, 3.8) is 0 Å². The predicted octanol–water partition coefficient (Wildman–Crippen LogP) is 3.43. The standard InChI is InChI=1S/C12H18ClNO/c1-10-5-6-12(11(9-10)14-2)15-8-4-3-7-13/h5-6,9,14H,3-4,7-8H2,1-2H3. The van der Waals surface area contributed by atoms with Crippen molar-refractivity contribution >= 4 is 17.3 Å². The second-order valence-electron chi connectivity index (χ2n) is 3.49. The first-order chi connectivity index (χ1) is 7.27. The van der Waals surface area contributed by atoms with Crippen LogP contribution in [0.2, 0.25) is 0 Å². The normalized spacial score (nSPS) is 10.1. The van der Waals surface area contributed by atoms with Crippen LogP contribution < -0.4 is 10.1 Å². The fourth-order valence-corrected chi connectivity index (χ4v) is 1.53. The van der Waals surface area contributed by atoms with E-state index in [1.165, 1.54) is 5.56 Å². The molecule has 0 amide bonds. The number of nitrogens with one attached hydrogen (secondary N) is 1. The molecule has 0 atom stereocenters. The molecule has 0 unspecified atom stereocenters. The Balaban J connectivity index is 2.52. The predicted molar refractivity (Wildman–Crippen MR) is 66.2 cm³/mol. The second-order valence-corrected chi connectivity index (χ2v) is 3.87. The van der Waals surface area contributed by atoms with E-state index in [2.05, 4.69) is 24.4 Å². The van der Waals surface area contributed by atoms with Crippen molar-refractivity contribution in [1.29, 1.82) is 0 Å². The molecule has 0 heterocycles. The minimum Gasteiger partial charge on any atom is -0.491 e. The summed E-state index contributed by atoms with van der Waals surface area (Å²) < 4.78 is 5.66. The molecule has 0 saturated heterocycles. The number of rotatable bonds is 6. The van der Waals surface area contributed by atoms with Gasteiger partial charge in [-0.2, -0.15) is 0 Å². The molecule has 0 aliphatic carbocycles. The van der Waals surface area contributed by atoms with Crippen LogP contribution in [0.4, 0.5) is 5.69 Å². The minimum absolute atomic E-state index is 0.705. The summed E-state index contributed by atoms with van der Waals surface area (Å²) in [7, 11) is 1.90. The molecule has 0 aliphatic rings. The van der Waals surface area contributed by atoms with Gasteiger partial charge in [0.2, 0.25) is 0 Å². The molecule has 0 bridgehead atoms. The Bertz CT molecular complexity index is 302. The molecular formula is C12H18ClNO. The van der Waals surface area contributed by atoms with E-state index in [4.69, 9.17) is 16.3 Å². The van der Waals surface area contributed by atoms with E-state index in [-0.39, 0.29) is 0 Å². The van der Waals surface area contributed by atoms with Gasteiger partial charge in [-0.25, -0.2) is 0 Å². The van der Waals surface area contributed by atoms with E-state index in [1.807, 2.05) is 13.1 Å². The summed E-state index contributed by atoms with van der Waals surface area (Å²) in [5, 5.41) is 3.13. The lowest BCUT2D eigenvalue weighted by Crippen LogP contribution is -2.01. The topological polar surface area (TPSA) is 21.3 Å². The third-order valence-electron chi connectivity index (χ3n) is 2.19. The van der Waals surface area contributed by atoms with Gasteiger partial charge >= 0.3 is 0 Å². The third-order valence-corrected chi connectivity index (χ3v) is 2.46. The molecule has 2 nitrogen and oxygen atoms in total. The highest BCUT2D eigenvalue weighted by Crippen LogP contribution is 2.25. The highest BCUT2D eigenvalue weighted by Gasteiger charge is 2.01. The van der Waals surface area contributed by atoms with Crippen molar-refractivity contribution in [1.82, 2.24) is 0 Å². The van der Waals surface area contributed by atoms with Gasteiger partial charge in [0.25, 0.3) is 0 Å². The summed E-state index contributed by atoms with van der Waals surface area (Å²) in [5.74, 6) is 1.62. The number of halogens is 1. The first-order valence-electron chi connectivity index (χ1n) is 5.25. The van der Waals surface area contributed by atoms with E-state index in [0.717, 1.165) is 30.9 Å². The number of hydrogen-bond donors (Lipinski definition) is 1. The monoisotopic (exact) mass is 227 g/mol. The van der Waals surface area contributed by atoms with E-state index < -0.39 is 0 Å². The molecule has 0 radical (unpaired) electrons. The van der Waals surface area contributed by atoms with Gasteiger partial charge in [0, 0.05) is 12.9 Å². The Labute approximate surface area is 96.6 Å². The molecule has 0 aliphatic heterocycles. The van der Waals surface area contributed by atoms with Crippen molar-refractivity contribution in [3.05, 3.63) is 23.8 Å². The van der Waals surface area contributed by atoms with E-state index in [9.17, 15) is 0 Å². The van der Waals surface area contributed by atoms with Crippen LogP contribution in [0.3, 0.4) is 0 Å². The Morgan fingerprint density at radius 3 is 2.80 bits per heavy atom. The highest BCUT2D eigenvalue weighted by atomic mass is 35.5. The Morgan fingerprint density at radius 2 is 2.13 bits per heavy atom. The lowest BCUT2D eigenvalue weighted by Gasteiger charge is -2.11. The maximum atomic E-state index is 5.66. The minimum atomic E-state index is 0.705. The molecule has 1 N–H and O–H groups in total. The fourth-order valence-electron chi connectivity index (χ4n) is 1.34. The van der Waals surface area contributed by atoms with Crippen molar-refractivity contribution in [2.75, 3.05) is 24.9 Å². The number of benzene rings is 1. The van der Waals surface area contributed by atoms with E-state index in [1.54, 1.807) is 0 Å². The molecule has 1 aromatic carbocycles. The average Bonchev–Trinajstić information content (AvgIpc) is 2.26. The van der Waals surface area contributed by atoms with Crippen LogP contribution in [-0.4, -0.2) is 19.5 Å². The fraction of sp³-hybridized carbons (Fsp3) is 0.500. The van der Waals surface area contributed by atoms with Crippen LogP contribution >= 0.6 is 11.6 Å². The van der Waals surface area contributed by atoms with Gasteiger partial charge in [-0.05, 0) is 37.5 Å². The van der Waals surface area contributed by atoms with Crippen LogP contribution in [0.1, 0.15) is 18.4 Å². The lowest BCUT2D eigenvalue weighted by molar-refractivity contribution is 0.311. The van der Waals surface area contributed by atoms with Gasteiger partial charge in [-0.15, -0.1) is 11.6 Å². The number of unbranched alkanes of at least 4 members (excludes halogenated alkanes) is 1. The summed E-state index contributed by atoms with van der Waals surface area (Å²) in [4.78, 5) is 0. The SMILES string of the molecule is CNc1cc(C)ccc1OCCCCCl. The van der Waals surface area contributed by atoms with Gasteiger partial charge in [0.15, 0.2) is 0 Å². The number of aryl methyl sites for hydroxylation is 1. The summed E-state index contributed by atoms with van der Waals surface area (Å²) >= 11 is 5.59. The zero-order valence-corrected chi connectivity index (χ0v) is 10.1. The third kappa shape index (κ3) is 4.00. The lowest BCUT2D eigenvalue weighted by atomic mass is 10.2. The quantitative estimate of drug-likeness (QED) is 0.594. The molecule has 0 fully saturated rings. The largest absolute Gasteiger partial charge is 0.491 e. The number of ether oxygens (including phenoxy) is 1. The first-order valence-corrected chi connectivity index (χ1v) is 5.78. The molecule has 15 heavy (non-hydrogen) atoms. The van der Waals surface area contributed by atoms with Gasteiger partial charge in [-0.1, -0.05) is 6.07 Å². The summed E-state index contributed by atoms with van der Waals surface area (Å²) in [6.45, 7) is 2.79. The second kappa shape index (κ2) is 6.57. The molecule has 84 valence electrons. The van der Waals surface area contributed by atoms with Crippen LogP contribution in [0.5, 0.6) is 5.75 Å². The molecule has 1 rings (SSSR count). The highest BCUT2D eigenvalue weighted by molar-refractivity contribution is 6.17. The molecule has 0 aromatic heterocycles. The maximum absolute atomic E-state index is 5.66. The van der Waals surface area contributed by atoms with E-state index in [0.29, 0.717) is 5.88 Å². The van der Waals surface area contributed by atoms with E-state index >= 15 is 0 Å². The van der Waals surface area contributed by atoms with Crippen molar-refractivity contribution in [3.8, 4) is 5.75 Å². The first kappa shape index (κ1) is 12.2. The number of anilines is 1. The zero-order valence-electron chi connectivity index (χ0n) is 9.35. The van der Waals surface area contributed by atoms with Gasteiger partial charge in [0.1, 0.15) is 5.75 Å². The van der Waals surface area contributed by atoms with Crippen LogP contribution in [0.15, 0.2) is 18.2 Å². The molecule has 0 saturated carbocycles. The van der Waals surface area contributed by atoms with Gasteiger partial charge < -0.3 is 10.1 Å². The average molecular weight is 228 g/mol. The Hall–Kier alpha value is -0.890.